The molecule has 4 rings (SSSR count). The van der Waals surface area contributed by atoms with E-state index in [1.54, 1.807) is 12.1 Å². The van der Waals surface area contributed by atoms with Crippen LogP contribution >= 0.6 is 0 Å². The Morgan fingerprint density at radius 2 is 1.77 bits per heavy atom. The monoisotopic (exact) mass is 415 g/mol. The third kappa shape index (κ3) is 3.87. The highest BCUT2D eigenvalue weighted by atomic mass is 19.3. The molecule has 7 nitrogen and oxygen atoms in total. The lowest BCUT2D eigenvalue weighted by atomic mass is 9.80. The van der Waals surface area contributed by atoms with Gasteiger partial charge in [-0.2, -0.15) is 0 Å². The minimum atomic E-state index is -2.84. The first-order valence-electron chi connectivity index (χ1n) is 9.52. The summed E-state index contributed by atoms with van der Waals surface area (Å²) in [6, 6.07) is 11.2. The van der Waals surface area contributed by atoms with Gasteiger partial charge in [-0.25, -0.2) is 18.6 Å². The highest BCUT2D eigenvalue weighted by Gasteiger charge is 2.55. The average Bonchev–Trinajstić information content (AvgIpc) is 2.96. The number of amides is 3. The number of ether oxygens (including phenoxy) is 1. The van der Waals surface area contributed by atoms with Crippen molar-refractivity contribution >= 4 is 17.7 Å². The summed E-state index contributed by atoms with van der Waals surface area (Å²) in [4.78, 5) is 42.4. The van der Waals surface area contributed by atoms with Crippen LogP contribution in [-0.4, -0.2) is 45.6 Å². The number of Topliss-reactive ketones (excluding diaryl/α,β-unsaturated/α-hetero) is 1. The van der Waals surface area contributed by atoms with Gasteiger partial charge in [-0.1, -0.05) is 18.2 Å². The molecule has 2 aromatic rings. The van der Waals surface area contributed by atoms with Crippen LogP contribution in [0.3, 0.4) is 0 Å². The number of alkyl halides is 2. The molecule has 1 spiro atoms. The Labute approximate surface area is 171 Å². The summed E-state index contributed by atoms with van der Waals surface area (Å²) < 4.78 is 32.5. The zero-order chi connectivity index (χ0) is 21.4. The smallest absolute Gasteiger partial charge is 0.325 e. The number of carbonyl (C=O) groups excluding carboxylic acids is 3. The van der Waals surface area contributed by atoms with Crippen molar-refractivity contribution in [2.45, 2.75) is 37.1 Å². The maximum absolute atomic E-state index is 13.5. The Kier molecular flexibility index (Phi) is 4.97. The number of halogens is 2. The molecule has 3 amide bonds. The summed E-state index contributed by atoms with van der Waals surface area (Å²) in [5.41, 5.74) is -1.14. The van der Waals surface area contributed by atoms with Crippen molar-refractivity contribution in [2.75, 3.05) is 6.54 Å². The minimum Gasteiger partial charge on any atom is -0.439 e. The van der Waals surface area contributed by atoms with E-state index in [0.29, 0.717) is 5.75 Å². The normalized spacial score (nSPS) is 19.6. The number of benzene rings is 1. The van der Waals surface area contributed by atoms with Gasteiger partial charge in [0.2, 0.25) is 11.8 Å². The van der Waals surface area contributed by atoms with Gasteiger partial charge in [0.1, 0.15) is 11.3 Å². The molecule has 1 aromatic carbocycles. The van der Waals surface area contributed by atoms with E-state index >= 15 is 0 Å². The zero-order valence-electron chi connectivity index (χ0n) is 15.9. The molecule has 0 bridgehead atoms. The molecule has 0 atom stereocenters. The van der Waals surface area contributed by atoms with Crippen molar-refractivity contribution in [1.82, 2.24) is 15.2 Å². The predicted molar refractivity (Wildman–Crippen MR) is 101 cm³/mol. The molecular weight excluding hydrogens is 396 g/mol. The summed E-state index contributed by atoms with van der Waals surface area (Å²) in [5, 5.41) is 2.52. The second kappa shape index (κ2) is 7.47. The van der Waals surface area contributed by atoms with E-state index in [4.69, 9.17) is 4.74 Å². The van der Waals surface area contributed by atoms with E-state index in [2.05, 4.69) is 10.3 Å². The summed E-state index contributed by atoms with van der Waals surface area (Å²) >= 11 is 0. The van der Waals surface area contributed by atoms with Gasteiger partial charge in [0, 0.05) is 30.7 Å². The maximum Gasteiger partial charge on any atom is 0.325 e. The van der Waals surface area contributed by atoms with Crippen molar-refractivity contribution < 1.29 is 27.9 Å². The topological polar surface area (TPSA) is 88.6 Å². The molecule has 1 N–H and O–H groups in total. The van der Waals surface area contributed by atoms with E-state index in [1.165, 1.54) is 18.3 Å². The van der Waals surface area contributed by atoms with E-state index < -0.39 is 48.6 Å². The zero-order valence-corrected chi connectivity index (χ0v) is 15.9. The van der Waals surface area contributed by atoms with Crippen LogP contribution in [0.2, 0.25) is 0 Å². The molecule has 156 valence electrons. The maximum atomic E-state index is 13.5. The summed E-state index contributed by atoms with van der Waals surface area (Å²) in [5.74, 6) is -3.08. The van der Waals surface area contributed by atoms with Crippen molar-refractivity contribution in [1.29, 1.82) is 0 Å². The quantitative estimate of drug-likeness (QED) is 0.596. The number of hydrogen-bond donors (Lipinski definition) is 1. The number of hydrogen-bond acceptors (Lipinski definition) is 5. The van der Waals surface area contributed by atoms with E-state index in [0.717, 1.165) is 4.90 Å². The second-order valence-corrected chi connectivity index (χ2v) is 7.48. The average molecular weight is 415 g/mol. The van der Waals surface area contributed by atoms with Crippen LogP contribution in [0.15, 0.2) is 48.7 Å². The van der Waals surface area contributed by atoms with Gasteiger partial charge in [0.15, 0.2) is 5.78 Å². The number of urea groups is 1. The van der Waals surface area contributed by atoms with Gasteiger partial charge in [-0.3, -0.25) is 14.5 Å². The number of nitrogens with zero attached hydrogens (tertiary/aromatic N) is 2. The largest absolute Gasteiger partial charge is 0.439 e. The lowest BCUT2D eigenvalue weighted by Gasteiger charge is -2.34. The highest BCUT2D eigenvalue weighted by molar-refractivity contribution is 6.11. The van der Waals surface area contributed by atoms with Crippen LogP contribution < -0.4 is 10.1 Å². The molecule has 1 aliphatic carbocycles. The van der Waals surface area contributed by atoms with Crippen molar-refractivity contribution in [2.24, 2.45) is 0 Å². The number of ketones is 1. The van der Waals surface area contributed by atoms with Gasteiger partial charge in [-0.05, 0) is 31.0 Å². The molecule has 2 aliphatic rings. The Morgan fingerprint density at radius 3 is 2.40 bits per heavy atom. The number of imide groups is 1. The van der Waals surface area contributed by atoms with E-state index in [9.17, 15) is 23.2 Å². The summed E-state index contributed by atoms with van der Waals surface area (Å²) in [6.45, 7) is -0.483. The Hall–Kier alpha value is -3.36. The van der Waals surface area contributed by atoms with Crippen LogP contribution in [0.4, 0.5) is 13.6 Å². The number of aromatic nitrogens is 1. The molecule has 2 fully saturated rings. The lowest BCUT2D eigenvalue weighted by molar-refractivity contribution is -0.135. The van der Waals surface area contributed by atoms with Crippen LogP contribution in [0.25, 0.3) is 0 Å². The number of para-hydroxylation sites is 1. The fraction of sp³-hybridized carbons (Fsp3) is 0.333. The summed E-state index contributed by atoms with van der Waals surface area (Å²) in [6.07, 6.45) is 0.0435. The number of carbonyl (C=O) groups is 3. The van der Waals surface area contributed by atoms with Crippen molar-refractivity contribution in [3.05, 3.63) is 54.2 Å². The Bertz CT molecular complexity index is 970. The number of rotatable bonds is 5. The molecule has 0 radical (unpaired) electrons. The lowest BCUT2D eigenvalue weighted by Crippen LogP contribution is -2.51. The first-order valence-corrected chi connectivity index (χ1v) is 9.52. The van der Waals surface area contributed by atoms with Gasteiger partial charge in [-0.15, -0.1) is 0 Å². The second-order valence-electron chi connectivity index (χ2n) is 7.48. The third-order valence-corrected chi connectivity index (χ3v) is 5.41. The molecular formula is C21H19F2N3O4. The Morgan fingerprint density at radius 1 is 1.07 bits per heavy atom. The molecule has 9 heteroatoms. The molecule has 0 unspecified atom stereocenters. The van der Waals surface area contributed by atoms with Crippen molar-refractivity contribution in [3.63, 3.8) is 0 Å². The van der Waals surface area contributed by atoms with Crippen LogP contribution in [0.1, 0.15) is 36.0 Å². The standard InChI is InChI=1S/C21H19F2N3O4/c22-21(23)10-8-20(9-11-21)18(28)26(19(29)25-20)13-16(27)14-6-7-17(24-12-14)30-15-4-2-1-3-5-15/h1-7,12H,8-11,13H2,(H,25,29). The first kappa shape index (κ1) is 19.9. The van der Waals surface area contributed by atoms with Crippen LogP contribution in [0, 0.1) is 0 Å². The van der Waals surface area contributed by atoms with Crippen LogP contribution in [0.5, 0.6) is 11.6 Å². The predicted octanol–water partition coefficient (Wildman–Crippen LogP) is 3.56. The molecule has 1 saturated heterocycles. The molecule has 2 heterocycles. The number of nitrogens with one attached hydrogen (secondary N) is 1. The fourth-order valence-corrected chi connectivity index (χ4v) is 3.65. The van der Waals surface area contributed by atoms with Crippen LogP contribution in [-0.2, 0) is 4.79 Å². The van der Waals surface area contributed by atoms with E-state index in [-0.39, 0.29) is 24.3 Å². The highest BCUT2D eigenvalue weighted by Crippen LogP contribution is 2.41. The molecule has 1 saturated carbocycles. The molecule has 1 aliphatic heterocycles. The third-order valence-electron chi connectivity index (χ3n) is 5.41. The van der Waals surface area contributed by atoms with Gasteiger partial charge >= 0.3 is 6.03 Å². The minimum absolute atomic E-state index is 0.150. The van der Waals surface area contributed by atoms with Gasteiger partial charge in [0.25, 0.3) is 5.91 Å². The molecule has 1 aromatic heterocycles. The molecule has 30 heavy (non-hydrogen) atoms. The fourth-order valence-electron chi connectivity index (χ4n) is 3.65. The van der Waals surface area contributed by atoms with Gasteiger partial charge < -0.3 is 10.1 Å². The van der Waals surface area contributed by atoms with Gasteiger partial charge in [0.05, 0.1) is 6.54 Å². The van der Waals surface area contributed by atoms with E-state index in [1.807, 2.05) is 18.2 Å². The first-order chi connectivity index (χ1) is 14.3. The van der Waals surface area contributed by atoms with Crippen molar-refractivity contribution in [3.8, 4) is 11.6 Å². The number of pyridine rings is 1. The Balaban J connectivity index is 1.41. The SMILES string of the molecule is O=C(CN1C(=O)NC2(CCC(F)(F)CC2)C1=O)c1ccc(Oc2ccccc2)nc1. The summed E-state index contributed by atoms with van der Waals surface area (Å²) in [7, 11) is 0.